The molecule has 0 fully saturated rings. The Morgan fingerprint density at radius 1 is 1.11 bits per heavy atom. The lowest BCUT2D eigenvalue weighted by Gasteiger charge is -2.10. The molecule has 0 radical (unpaired) electrons. The van der Waals surface area contributed by atoms with E-state index in [1.807, 2.05) is 0 Å². The molecule has 3 rings (SSSR count). The third-order valence-electron chi connectivity index (χ3n) is 3.85. The highest BCUT2D eigenvalue weighted by molar-refractivity contribution is 5.90. The number of carbonyl (C=O) groups excluding carboxylic acids is 1. The first-order valence-corrected chi connectivity index (χ1v) is 8.35. The molecule has 3 aromatic rings. The lowest BCUT2D eigenvalue weighted by atomic mass is 10.2. The van der Waals surface area contributed by atoms with Crippen molar-refractivity contribution in [1.29, 1.82) is 0 Å². The lowest BCUT2D eigenvalue weighted by molar-refractivity contribution is -0.153. The molecule has 146 valence electrons. The van der Waals surface area contributed by atoms with Gasteiger partial charge in [0.1, 0.15) is 5.75 Å². The van der Waals surface area contributed by atoms with Crippen molar-refractivity contribution in [3.63, 3.8) is 0 Å². The number of nitrogens with zero attached hydrogens (tertiary/aromatic N) is 2. The van der Waals surface area contributed by atoms with Crippen LogP contribution in [0.1, 0.15) is 6.42 Å². The molecule has 1 aromatic heterocycles. The van der Waals surface area contributed by atoms with Crippen molar-refractivity contribution in [3.05, 3.63) is 65.2 Å². The van der Waals surface area contributed by atoms with E-state index in [9.17, 15) is 22.8 Å². The van der Waals surface area contributed by atoms with Gasteiger partial charge in [0, 0.05) is 18.7 Å². The quantitative estimate of drug-likeness (QED) is 0.699. The van der Waals surface area contributed by atoms with Crippen LogP contribution in [-0.2, 0) is 11.3 Å². The number of amides is 1. The van der Waals surface area contributed by atoms with Crippen LogP contribution in [0.4, 0.5) is 18.9 Å². The molecule has 0 saturated heterocycles. The van der Waals surface area contributed by atoms with Gasteiger partial charge in [-0.15, -0.1) is 0 Å². The second kappa shape index (κ2) is 8.12. The second-order valence-corrected chi connectivity index (χ2v) is 5.99. The molecule has 0 aliphatic carbocycles. The molecule has 1 heterocycles. The predicted molar refractivity (Wildman–Crippen MR) is 97.2 cm³/mol. The Kier molecular flexibility index (Phi) is 5.62. The highest BCUT2D eigenvalue weighted by Crippen LogP contribution is 2.20. The van der Waals surface area contributed by atoms with Crippen LogP contribution >= 0.6 is 0 Å². The number of aromatic nitrogens is 2. The zero-order valence-electron chi connectivity index (χ0n) is 14.6. The summed E-state index contributed by atoms with van der Waals surface area (Å²) in [6.45, 7) is -1.23. The first-order chi connectivity index (χ1) is 13.3. The summed E-state index contributed by atoms with van der Waals surface area (Å²) >= 11 is 0. The highest BCUT2D eigenvalue weighted by Gasteiger charge is 2.28. The number of alkyl halides is 3. The number of rotatable bonds is 6. The van der Waals surface area contributed by atoms with E-state index in [-0.39, 0.29) is 30.2 Å². The van der Waals surface area contributed by atoms with Crippen LogP contribution in [0.2, 0.25) is 0 Å². The average molecular weight is 391 g/mol. The molecular formula is C19H16F3N3O3. The van der Waals surface area contributed by atoms with E-state index in [0.717, 1.165) is 0 Å². The van der Waals surface area contributed by atoms with E-state index in [2.05, 4.69) is 15.0 Å². The number of fused-ring (bicyclic) bond motifs is 1. The number of hydrogen-bond donors (Lipinski definition) is 1. The Labute approximate surface area is 157 Å². The number of aryl methyl sites for hydroxylation is 1. The summed E-state index contributed by atoms with van der Waals surface area (Å²) in [7, 11) is 0. The summed E-state index contributed by atoms with van der Waals surface area (Å²) in [5.74, 6) is -0.298. The van der Waals surface area contributed by atoms with Gasteiger partial charge in [-0.1, -0.05) is 12.1 Å². The maximum Gasteiger partial charge on any atom is 0.422 e. The number of benzene rings is 2. The van der Waals surface area contributed by atoms with Crippen LogP contribution in [-0.4, -0.2) is 28.2 Å². The highest BCUT2D eigenvalue weighted by atomic mass is 19.4. The van der Waals surface area contributed by atoms with Gasteiger partial charge in [0.2, 0.25) is 5.91 Å². The number of halogens is 3. The van der Waals surface area contributed by atoms with Gasteiger partial charge < -0.3 is 10.1 Å². The molecular weight excluding hydrogens is 375 g/mol. The fourth-order valence-corrected chi connectivity index (χ4v) is 2.51. The van der Waals surface area contributed by atoms with Crippen molar-refractivity contribution >= 4 is 22.5 Å². The average Bonchev–Trinajstić information content (AvgIpc) is 2.66. The number of ether oxygens (including phenoxy) is 1. The van der Waals surface area contributed by atoms with E-state index < -0.39 is 12.8 Å². The van der Waals surface area contributed by atoms with Gasteiger partial charge in [-0.2, -0.15) is 13.2 Å². The number of para-hydroxylation sites is 1. The van der Waals surface area contributed by atoms with Crippen molar-refractivity contribution in [3.8, 4) is 5.75 Å². The van der Waals surface area contributed by atoms with Crippen LogP contribution in [0, 0.1) is 0 Å². The van der Waals surface area contributed by atoms with Crippen molar-refractivity contribution in [2.45, 2.75) is 19.1 Å². The summed E-state index contributed by atoms with van der Waals surface area (Å²) in [5, 5.41) is 3.09. The Hall–Kier alpha value is -3.36. The van der Waals surface area contributed by atoms with E-state index >= 15 is 0 Å². The Morgan fingerprint density at radius 2 is 1.82 bits per heavy atom. The largest absolute Gasteiger partial charge is 0.484 e. The van der Waals surface area contributed by atoms with Gasteiger partial charge in [-0.25, -0.2) is 4.98 Å². The number of carbonyl (C=O) groups is 1. The van der Waals surface area contributed by atoms with Crippen molar-refractivity contribution in [2.24, 2.45) is 0 Å². The predicted octanol–water partition coefficient (Wildman–Crippen LogP) is 3.37. The minimum absolute atomic E-state index is 0.0340. The standard InChI is InChI=1S/C19H16F3N3O3/c20-19(21,22)11-28-14-7-5-13(6-8-14)24-17(26)9-10-25-12-23-16-4-2-1-3-15(16)18(25)27/h1-8,12H,9-11H2,(H,24,26). The van der Waals surface area contributed by atoms with Crippen molar-refractivity contribution < 1.29 is 22.7 Å². The Balaban J connectivity index is 1.56. The van der Waals surface area contributed by atoms with Gasteiger partial charge in [0.05, 0.1) is 17.2 Å². The first-order valence-electron chi connectivity index (χ1n) is 8.35. The molecule has 0 unspecified atom stereocenters. The third-order valence-corrected chi connectivity index (χ3v) is 3.85. The summed E-state index contributed by atoms with van der Waals surface area (Å²) in [6, 6.07) is 12.5. The van der Waals surface area contributed by atoms with E-state index in [4.69, 9.17) is 0 Å². The van der Waals surface area contributed by atoms with Gasteiger partial charge in [-0.3, -0.25) is 14.2 Å². The van der Waals surface area contributed by atoms with Crippen LogP contribution in [0.25, 0.3) is 10.9 Å². The van der Waals surface area contributed by atoms with Crippen molar-refractivity contribution in [2.75, 3.05) is 11.9 Å². The van der Waals surface area contributed by atoms with Gasteiger partial charge in [0.15, 0.2) is 6.61 Å². The van der Waals surface area contributed by atoms with E-state index in [0.29, 0.717) is 16.6 Å². The lowest BCUT2D eigenvalue weighted by Crippen LogP contribution is -2.23. The third kappa shape index (κ3) is 5.09. The summed E-state index contributed by atoms with van der Waals surface area (Å²) in [5.41, 5.74) is 0.763. The summed E-state index contributed by atoms with van der Waals surface area (Å²) in [4.78, 5) is 28.6. The maximum atomic E-state index is 12.4. The van der Waals surface area contributed by atoms with Crippen LogP contribution < -0.4 is 15.6 Å². The molecule has 1 amide bonds. The van der Waals surface area contributed by atoms with Crippen molar-refractivity contribution in [1.82, 2.24) is 9.55 Å². The monoisotopic (exact) mass is 391 g/mol. The van der Waals surface area contributed by atoms with E-state index in [1.54, 1.807) is 24.3 Å². The maximum absolute atomic E-state index is 12.4. The molecule has 0 aliphatic rings. The molecule has 2 aromatic carbocycles. The molecule has 1 N–H and O–H groups in total. The van der Waals surface area contributed by atoms with Crippen LogP contribution in [0.3, 0.4) is 0 Å². The molecule has 0 saturated carbocycles. The zero-order chi connectivity index (χ0) is 20.1. The number of anilines is 1. The van der Waals surface area contributed by atoms with Crippen LogP contribution in [0.15, 0.2) is 59.7 Å². The second-order valence-electron chi connectivity index (χ2n) is 5.99. The normalized spacial score (nSPS) is 11.4. The Morgan fingerprint density at radius 3 is 2.54 bits per heavy atom. The summed E-state index contributed by atoms with van der Waals surface area (Å²) in [6.07, 6.45) is -2.99. The molecule has 28 heavy (non-hydrogen) atoms. The molecule has 0 spiro atoms. The topological polar surface area (TPSA) is 73.2 Å². The fraction of sp³-hybridized carbons (Fsp3) is 0.211. The molecule has 0 aliphatic heterocycles. The van der Waals surface area contributed by atoms with Gasteiger partial charge >= 0.3 is 6.18 Å². The smallest absolute Gasteiger partial charge is 0.422 e. The first kappa shape index (κ1) is 19.4. The fourth-order valence-electron chi connectivity index (χ4n) is 2.51. The number of nitrogens with one attached hydrogen (secondary N) is 1. The van der Waals surface area contributed by atoms with Gasteiger partial charge in [0.25, 0.3) is 5.56 Å². The van der Waals surface area contributed by atoms with Gasteiger partial charge in [-0.05, 0) is 36.4 Å². The van der Waals surface area contributed by atoms with E-state index in [1.165, 1.54) is 35.2 Å². The zero-order valence-corrected chi connectivity index (χ0v) is 14.6. The minimum Gasteiger partial charge on any atom is -0.484 e. The molecule has 0 atom stereocenters. The SMILES string of the molecule is O=C(CCn1cnc2ccccc2c1=O)Nc1ccc(OCC(F)(F)F)cc1. The molecule has 9 heteroatoms. The number of hydrogen-bond acceptors (Lipinski definition) is 4. The minimum atomic E-state index is -4.41. The Bertz CT molecular complexity index is 1030. The summed E-state index contributed by atoms with van der Waals surface area (Å²) < 4.78 is 42.3. The molecule has 6 nitrogen and oxygen atoms in total. The molecule has 0 bridgehead atoms. The van der Waals surface area contributed by atoms with Crippen LogP contribution in [0.5, 0.6) is 5.75 Å².